The van der Waals surface area contributed by atoms with E-state index in [0.29, 0.717) is 11.2 Å². The first-order valence-electron chi connectivity index (χ1n) is 5.26. The fourth-order valence-electron chi connectivity index (χ4n) is 1.71. The Balaban J connectivity index is 2.04. The van der Waals surface area contributed by atoms with Crippen molar-refractivity contribution < 1.29 is 9.90 Å². The van der Waals surface area contributed by atoms with E-state index >= 15 is 0 Å². The highest BCUT2D eigenvalue weighted by Gasteiger charge is 2.26. The van der Waals surface area contributed by atoms with Crippen LogP contribution in [-0.2, 0) is 4.79 Å². The summed E-state index contributed by atoms with van der Waals surface area (Å²) >= 11 is 3.46. The van der Waals surface area contributed by atoms with E-state index in [4.69, 9.17) is 5.11 Å². The van der Waals surface area contributed by atoms with Crippen LogP contribution in [0.5, 0.6) is 0 Å². The smallest absolute Gasteiger partial charge is 0.223 e. The van der Waals surface area contributed by atoms with Gasteiger partial charge in [0.1, 0.15) is 0 Å². The molecule has 4 heteroatoms. The molecule has 3 nitrogen and oxygen atoms in total. The van der Waals surface area contributed by atoms with Crippen LogP contribution >= 0.6 is 15.9 Å². The zero-order valence-corrected chi connectivity index (χ0v) is 10.0. The lowest BCUT2D eigenvalue weighted by molar-refractivity contribution is -0.127. The molecular weight excluding hydrogens is 246 g/mol. The van der Waals surface area contributed by atoms with Gasteiger partial charge in [-0.2, -0.15) is 0 Å². The van der Waals surface area contributed by atoms with E-state index in [-0.39, 0.29) is 12.5 Å². The molecule has 1 aliphatic rings. The van der Waals surface area contributed by atoms with Crippen molar-refractivity contribution in [3.05, 3.63) is 0 Å². The van der Waals surface area contributed by atoms with E-state index in [2.05, 4.69) is 15.9 Å². The molecule has 1 fully saturated rings. The van der Waals surface area contributed by atoms with Crippen LogP contribution in [0.3, 0.4) is 0 Å². The van der Waals surface area contributed by atoms with Crippen molar-refractivity contribution >= 4 is 21.8 Å². The Morgan fingerprint density at radius 3 is 2.64 bits per heavy atom. The van der Waals surface area contributed by atoms with Gasteiger partial charge in [-0.05, 0) is 12.8 Å². The number of aliphatic hydroxyl groups excluding tert-OH is 1. The summed E-state index contributed by atoms with van der Waals surface area (Å²) in [6.45, 7) is 2.03. The highest BCUT2D eigenvalue weighted by molar-refractivity contribution is 9.09. The first-order chi connectivity index (χ1) is 6.74. The average molecular weight is 264 g/mol. The van der Waals surface area contributed by atoms with Gasteiger partial charge in [-0.25, -0.2) is 0 Å². The highest BCUT2D eigenvalue weighted by Crippen LogP contribution is 2.18. The van der Waals surface area contributed by atoms with Gasteiger partial charge in [0, 0.05) is 30.9 Å². The van der Waals surface area contributed by atoms with Crippen LogP contribution < -0.4 is 0 Å². The van der Waals surface area contributed by atoms with Gasteiger partial charge in [0.05, 0.1) is 0 Å². The van der Waals surface area contributed by atoms with Crippen LogP contribution in [-0.4, -0.2) is 40.4 Å². The molecule has 1 atom stereocenters. The van der Waals surface area contributed by atoms with Gasteiger partial charge < -0.3 is 10.0 Å². The maximum atomic E-state index is 11.4. The van der Waals surface area contributed by atoms with Crippen molar-refractivity contribution in [1.29, 1.82) is 0 Å². The number of aliphatic hydroxyl groups is 1. The monoisotopic (exact) mass is 263 g/mol. The molecule has 0 aromatic rings. The third-order valence-corrected chi connectivity index (χ3v) is 3.12. The lowest BCUT2D eigenvalue weighted by Gasteiger charge is -2.15. The Morgan fingerprint density at radius 2 is 2.07 bits per heavy atom. The van der Waals surface area contributed by atoms with Crippen molar-refractivity contribution in [3.8, 4) is 0 Å². The van der Waals surface area contributed by atoms with E-state index in [1.165, 1.54) is 0 Å². The van der Waals surface area contributed by atoms with Crippen LogP contribution in [0.25, 0.3) is 0 Å². The van der Waals surface area contributed by atoms with Crippen molar-refractivity contribution in [2.45, 2.75) is 36.9 Å². The molecule has 1 saturated heterocycles. The van der Waals surface area contributed by atoms with Crippen LogP contribution in [0, 0.1) is 0 Å². The maximum Gasteiger partial charge on any atom is 0.223 e. The minimum Gasteiger partial charge on any atom is -0.396 e. The molecular formula is C10H18BrNO2. The molecule has 0 bridgehead atoms. The fraction of sp³-hybridized carbons (Fsp3) is 0.900. The van der Waals surface area contributed by atoms with E-state index < -0.39 is 0 Å². The molecule has 0 saturated carbocycles. The standard InChI is InChI=1S/C10H18BrNO2/c11-9-7-10(14)12(8-9)5-3-1-2-4-6-13/h9,13H,1-8H2. The molecule has 1 heterocycles. The van der Waals surface area contributed by atoms with Crippen molar-refractivity contribution in [1.82, 2.24) is 4.90 Å². The summed E-state index contributed by atoms with van der Waals surface area (Å²) in [6, 6.07) is 0. The number of carbonyl (C=O) groups is 1. The number of halogens is 1. The summed E-state index contributed by atoms with van der Waals surface area (Å²) in [5.74, 6) is 0.272. The molecule has 1 aliphatic heterocycles. The summed E-state index contributed by atoms with van der Waals surface area (Å²) < 4.78 is 0. The second kappa shape index (κ2) is 6.40. The molecule has 1 amide bonds. The summed E-state index contributed by atoms with van der Waals surface area (Å²) in [7, 11) is 0. The van der Waals surface area contributed by atoms with Crippen molar-refractivity contribution in [2.75, 3.05) is 19.7 Å². The number of hydrogen-bond donors (Lipinski definition) is 1. The lowest BCUT2D eigenvalue weighted by Crippen LogP contribution is -2.26. The van der Waals surface area contributed by atoms with Crippen LogP contribution in [0.2, 0.25) is 0 Å². The molecule has 1 N–H and O–H groups in total. The molecule has 0 spiro atoms. The zero-order valence-electron chi connectivity index (χ0n) is 8.41. The van der Waals surface area contributed by atoms with Gasteiger partial charge in [0.25, 0.3) is 0 Å². The predicted octanol–water partition coefficient (Wildman–Crippen LogP) is 1.53. The van der Waals surface area contributed by atoms with Gasteiger partial charge in [0.2, 0.25) is 5.91 Å². The van der Waals surface area contributed by atoms with E-state index in [1.807, 2.05) is 4.90 Å². The molecule has 14 heavy (non-hydrogen) atoms. The minimum atomic E-state index is 0.272. The summed E-state index contributed by atoms with van der Waals surface area (Å²) in [5.41, 5.74) is 0. The Morgan fingerprint density at radius 1 is 1.36 bits per heavy atom. The molecule has 0 aromatic heterocycles. The van der Waals surface area contributed by atoms with Gasteiger partial charge in [-0.15, -0.1) is 0 Å². The number of nitrogens with zero attached hydrogens (tertiary/aromatic N) is 1. The maximum absolute atomic E-state index is 11.4. The van der Waals surface area contributed by atoms with Crippen molar-refractivity contribution in [2.24, 2.45) is 0 Å². The Kier molecular flexibility index (Phi) is 5.48. The fourth-order valence-corrected chi connectivity index (χ4v) is 2.33. The number of amides is 1. The Labute approximate surface area is 93.6 Å². The first kappa shape index (κ1) is 12.0. The summed E-state index contributed by atoms with van der Waals surface area (Å²) in [4.78, 5) is 13.6. The van der Waals surface area contributed by atoms with Gasteiger partial charge in [0.15, 0.2) is 0 Å². The third kappa shape index (κ3) is 3.96. The minimum absolute atomic E-state index is 0.272. The van der Waals surface area contributed by atoms with Gasteiger partial charge >= 0.3 is 0 Å². The largest absolute Gasteiger partial charge is 0.396 e. The van der Waals surface area contributed by atoms with Crippen LogP contribution in [0.15, 0.2) is 0 Å². The summed E-state index contributed by atoms with van der Waals surface area (Å²) in [5, 5.41) is 8.58. The molecule has 1 rings (SSSR count). The topological polar surface area (TPSA) is 40.5 Å². The third-order valence-electron chi connectivity index (χ3n) is 2.50. The van der Waals surface area contributed by atoms with E-state index in [1.54, 1.807) is 0 Å². The highest BCUT2D eigenvalue weighted by atomic mass is 79.9. The van der Waals surface area contributed by atoms with Crippen molar-refractivity contribution in [3.63, 3.8) is 0 Å². The molecule has 82 valence electrons. The second-order valence-electron chi connectivity index (χ2n) is 3.78. The number of unbranched alkanes of at least 4 members (excludes halogenated alkanes) is 3. The van der Waals surface area contributed by atoms with Gasteiger partial charge in [-0.3, -0.25) is 4.79 Å². The van der Waals surface area contributed by atoms with Crippen LogP contribution in [0.4, 0.5) is 0 Å². The SMILES string of the molecule is O=C1CC(Br)CN1CCCCCCO. The molecule has 1 unspecified atom stereocenters. The number of rotatable bonds is 6. The molecule has 0 radical (unpaired) electrons. The van der Waals surface area contributed by atoms with Crippen LogP contribution in [0.1, 0.15) is 32.1 Å². The first-order valence-corrected chi connectivity index (χ1v) is 6.18. The number of alkyl halides is 1. The molecule has 0 aromatic carbocycles. The average Bonchev–Trinajstić information content (AvgIpc) is 2.45. The van der Waals surface area contributed by atoms with E-state index in [0.717, 1.165) is 38.8 Å². The van der Waals surface area contributed by atoms with E-state index in [9.17, 15) is 4.79 Å². The second-order valence-corrected chi connectivity index (χ2v) is 5.07. The normalized spacial score (nSPS) is 22.0. The molecule has 0 aliphatic carbocycles. The van der Waals surface area contributed by atoms with Gasteiger partial charge in [-0.1, -0.05) is 28.8 Å². The predicted molar refractivity (Wildman–Crippen MR) is 59.5 cm³/mol. The Bertz CT molecular complexity index is 187. The number of carbonyl (C=O) groups excluding carboxylic acids is 1. The Hall–Kier alpha value is -0.0900. The quantitative estimate of drug-likeness (QED) is 0.584. The number of likely N-dealkylation sites (tertiary alicyclic amines) is 1. The summed E-state index contributed by atoms with van der Waals surface area (Å²) in [6.07, 6.45) is 4.77. The zero-order chi connectivity index (χ0) is 10.4. The lowest BCUT2D eigenvalue weighted by atomic mass is 10.2. The number of hydrogen-bond acceptors (Lipinski definition) is 2.